The van der Waals surface area contributed by atoms with Crippen LogP contribution in [0, 0.1) is 27.7 Å². The normalized spacial score (nSPS) is 11.6. The summed E-state index contributed by atoms with van der Waals surface area (Å²) in [4.78, 5) is 26.5. The lowest BCUT2D eigenvalue weighted by Gasteiger charge is -2.05. The second-order valence-corrected chi connectivity index (χ2v) is 25.6. The van der Waals surface area contributed by atoms with Gasteiger partial charge >= 0.3 is 0 Å². The Labute approximate surface area is 573 Å². The second kappa shape index (κ2) is 24.6. The number of fused-ring (bicyclic) bond motifs is 20. The van der Waals surface area contributed by atoms with Crippen molar-refractivity contribution in [3.63, 3.8) is 0 Å². The summed E-state index contributed by atoms with van der Waals surface area (Å²) >= 11 is 0. The Morgan fingerprint density at radius 2 is 0.770 bits per heavy atom. The van der Waals surface area contributed by atoms with Gasteiger partial charge in [-0.2, -0.15) is 0 Å². The quantitative estimate of drug-likeness (QED) is 0.156. The zero-order chi connectivity index (χ0) is 67.9. The predicted octanol–water partition coefficient (Wildman–Crippen LogP) is 18.5. The first-order chi connectivity index (χ1) is 48.9. The number of furan rings is 4. The Morgan fingerprint density at radius 3 is 1.39 bits per heavy atom. The Balaban J connectivity index is 0.0000000997. The number of benzene rings is 7. The molecule has 0 atom stereocenters. The zero-order valence-corrected chi connectivity index (χ0v) is 56.4. The summed E-state index contributed by atoms with van der Waals surface area (Å²) in [5.41, 5.74) is 22.3. The lowest BCUT2D eigenvalue weighted by molar-refractivity contribution is -0.663. The number of pyridine rings is 8. The van der Waals surface area contributed by atoms with E-state index in [1.807, 2.05) is 123 Å². The Bertz CT molecular complexity index is 5880. The van der Waals surface area contributed by atoms with Gasteiger partial charge in [-0.05, 0) is 133 Å². The van der Waals surface area contributed by atoms with Crippen molar-refractivity contribution in [2.24, 2.45) is 28.2 Å². The molecule has 0 N–H and O–H groups in total. The number of nitrogens with zero attached hydrogens (tertiary/aromatic N) is 10. The maximum Gasteiger partial charge on any atom is 0.286 e. The first-order valence-electron chi connectivity index (χ1n) is 33.2. The van der Waals surface area contributed by atoms with Crippen LogP contribution in [0.3, 0.4) is 0 Å². The summed E-state index contributed by atoms with van der Waals surface area (Å²) < 4.78 is 33.6. The molecule has 0 bridgehead atoms. The molecule has 480 valence electrons. The molecule has 0 radical (unpaired) electrons. The van der Waals surface area contributed by atoms with Gasteiger partial charge in [0, 0.05) is 134 Å². The van der Waals surface area contributed by atoms with E-state index in [2.05, 4.69) is 225 Å². The molecule has 0 saturated carbocycles. The minimum absolute atomic E-state index is 0.616. The lowest BCUT2D eigenvalue weighted by Crippen LogP contribution is -2.31. The summed E-state index contributed by atoms with van der Waals surface area (Å²) in [6.07, 6.45) is 22.9. The van der Waals surface area contributed by atoms with Gasteiger partial charge in [-0.25, -0.2) is 23.3 Å². The maximum atomic E-state index is 6.35. The number of aromatic nitrogens is 10. The molecule has 0 aliphatic rings. The molecule has 100 heavy (non-hydrogen) atoms. The molecule has 0 saturated heterocycles. The molecule has 20 aromatic rings. The van der Waals surface area contributed by atoms with Crippen LogP contribution in [0.25, 0.3) is 176 Å². The van der Waals surface area contributed by atoms with E-state index in [4.69, 9.17) is 17.7 Å². The van der Waals surface area contributed by atoms with E-state index in [0.717, 1.165) is 165 Å². The molecular formula is C86H66N10O4+4. The van der Waals surface area contributed by atoms with Crippen LogP contribution in [0.15, 0.2) is 274 Å². The molecular weight excluding hydrogens is 1240 g/mol. The zero-order valence-electron chi connectivity index (χ0n) is 56.4. The third-order valence-corrected chi connectivity index (χ3v) is 19.4. The van der Waals surface area contributed by atoms with Crippen LogP contribution in [0.2, 0.25) is 0 Å². The van der Waals surface area contributed by atoms with E-state index in [0.29, 0.717) is 5.71 Å². The van der Waals surface area contributed by atoms with E-state index in [1.165, 1.54) is 27.5 Å². The fourth-order valence-corrected chi connectivity index (χ4v) is 14.5. The standard InChI is InChI=1S/3C22H17N2O.C20H15N4O/c1-14-8-10-16-20-18(11-9-15-6-5-12-23-21(15)20)25-22(16)19(14)17-7-3-4-13-24(17)2;1-14-6-8-17-21-16-10-11-23-13-15(16)7-9-19(21)25-22(17)20(14)18-5-3-4-12-24(18)2;1-14-6-8-16-21-17-13-23-11-10-15(17)7-9-19(21)25-22(16)20(14)18-5-3-4-12-24(18)2;1-12-9-22-18-17-14-6-4-3-5-13(14)10-23-20(17)25-19(18)16(12)15-7-8-21-11-24(15)2/h3*3-13H,1-2H3;3-11H,1-2H3/q4*+1. The largest absolute Gasteiger partial charge is 0.455 e. The summed E-state index contributed by atoms with van der Waals surface area (Å²) in [5.74, 6) is 0. The Hall–Kier alpha value is -12.9. The van der Waals surface area contributed by atoms with Crippen molar-refractivity contribution in [1.82, 2.24) is 29.9 Å². The molecule has 0 spiro atoms. The van der Waals surface area contributed by atoms with Crippen LogP contribution in [-0.2, 0) is 28.2 Å². The molecule has 0 aliphatic carbocycles. The van der Waals surface area contributed by atoms with Gasteiger partial charge in [0.1, 0.15) is 72.0 Å². The van der Waals surface area contributed by atoms with Gasteiger partial charge in [-0.15, -0.1) is 0 Å². The van der Waals surface area contributed by atoms with Gasteiger partial charge in [0.15, 0.2) is 24.2 Å². The first-order valence-corrected chi connectivity index (χ1v) is 33.2. The maximum absolute atomic E-state index is 6.35. The number of hydrogen-bond donors (Lipinski definition) is 0. The summed E-state index contributed by atoms with van der Waals surface area (Å²) in [7, 11) is 8.17. The van der Waals surface area contributed by atoms with Crippen LogP contribution < -0.4 is 18.3 Å². The SMILES string of the molecule is Cc1ccc2c(oc3ccc4cccnc4c32)c1-c1cccc[n+]1C.Cc1ccc2c(oc3ccc4ccncc4c32)c1-c1cccc[n+]1C.Cc1ccc2c(oc3ccc4cnccc4c32)c1-c1cccc[n+]1C.Cc1cnc2c(oc3ncc4ccccc4c32)c1-c1ccnc[n+]1C. The van der Waals surface area contributed by atoms with Crippen LogP contribution in [0.5, 0.6) is 0 Å². The third-order valence-electron chi connectivity index (χ3n) is 19.4. The van der Waals surface area contributed by atoms with E-state index < -0.39 is 0 Å². The van der Waals surface area contributed by atoms with Crippen molar-refractivity contribution in [1.29, 1.82) is 0 Å². The Morgan fingerprint density at radius 1 is 0.280 bits per heavy atom. The molecule has 0 amide bonds. The third kappa shape index (κ3) is 10.2. The number of hydrogen-bond acceptors (Lipinski definition) is 10. The van der Waals surface area contributed by atoms with Crippen molar-refractivity contribution in [3.8, 4) is 45.0 Å². The molecule has 7 aromatic carbocycles. The fraction of sp³-hybridized carbons (Fsp3) is 0.0930. The van der Waals surface area contributed by atoms with Crippen LogP contribution in [0.1, 0.15) is 22.3 Å². The van der Waals surface area contributed by atoms with Crippen molar-refractivity contribution in [2.75, 3.05) is 0 Å². The van der Waals surface area contributed by atoms with Crippen molar-refractivity contribution in [2.45, 2.75) is 27.7 Å². The highest BCUT2D eigenvalue weighted by Gasteiger charge is 2.26. The van der Waals surface area contributed by atoms with Crippen LogP contribution in [-0.4, -0.2) is 29.9 Å². The summed E-state index contributed by atoms with van der Waals surface area (Å²) in [6.45, 7) is 8.44. The smallest absolute Gasteiger partial charge is 0.286 e. The molecule has 13 heterocycles. The number of aryl methyl sites for hydroxylation is 8. The van der Waals surface area contributed by atoms with Crippen molar-refractivity contribution < 1.29 is 35.9 Å². The fourth-order valence-electron chi connectivity index (χ4n) is 14.5. The van der Waals surface area contributed by atoms with Crippen molar-refractivity contribution >= 4 is 131 Å². The monoisotopic (exact) mass is 1300 g/mol. The highest BCUT2D eigenvalue weighted by molar-refractivity contribution is 6.23. The predicted molar refractivity (Wildman–Crippen MR) is 397 cm³/mol. The topological polar surface area (TPSA) is 145 Å². The van der Waals surface area contributed by atoms with Gasteiger partial charge < -0.3 is 17.7 Å². The Kier molecular flexibility index (Phi) is 14.9. The highest BCUT2D eigenvalue weighted by atomic mass is 16.3. The van der Waals surface area contributed by atoms with Crippen molar-refractivity contribution in [3.05, 3.63) is 279 Å². The molecule has 0 fully saturated rings. The van der Waals surface area contributed by atoms with Crippen LogP contribution >= 0.6 is 0 Å². The summed E-state index contributed by atoms with van der Waals surface area (Å²) in [5, 5.41) is 15.7. The van der Waals surface area contributed by atoms with Gasteiger partial charge in [-0.1, -0.05) is 77.8 Å². The average molecular weight is 1300 g/mol. The molecule has 0 aliphatic heterocycles. The molecule has 14 heteroatoms. The highest BCUT2D eigenvalue weighted by Crippen LogP contribution is 2.44. The second-order valence-electron chi connectivity index (χ2n) is 25.6. The molecule has 13 aromatic heterocycles. The van der Waals surface area contributed by atoms with E-state index >= 15 is 0 Å². The molecule has 14 nitrogen and oxygen atoms in total. The summed E-state index contributed by atoms with van der Waals surface area (Å²) in [6, 6.07) is 62.4. The first kappa shape index (κ1) is 60.7. The van der Waals surface area contributed by atoms with Gasteiger partial charge in [-0.3, -0.25) is 19.9 Å². The average Bonchev–Trinajstić information content (AvgIpc) is 1.59. The van der Waals surface area contributed by atoms with E-state index in [9.17, 15) is 0 Å². The lowest BCUT2D eigenvalue weighted by atomic mass is 9.99. The van der Waals surface area contributed by atoms with E-state index in [1.54, 1.807) is 12.5 Å². The van der Waals surface area contributed by atoms with Gasteiger partial charge in [0.05, 0.1) is 45.6 Å². The van der Waals surface area contributed by atoms with Gasteiger partial charge in [0.2, 0.25) is 22.8 Å². The minimum Gasteiger partial charge on any atom is -0.455 e. The van der Waals surface area contributed by atoms with Gasteiger partial charge in [0.25, 0.3) is 6.33 Å². The minimum atomic E-state index is 0.616. The number of rotatable bonds is 4. The van der Waals surface area contributed by atoms with Crippen LogP contribution in [0.4, 0.5) is 0 Å². The molecule has 20 rings (SSSR count). The van der Waals surface area contributed by atoms with E-state index in [-0.39, 0.29) is 0 Å². The molecule has 0 unspecified atom stereocenters.